The van der Waals surface area contributed by atoms with E-state index in [2.05, 4.69) is 5.10 Å². The fourth-order valence-corrected chi connectivity index (χ4v) is 2.18. The first-order valence-corrected chi connectivity index (χ1v) is 6.16. The number of hydrogen-bond acceptors (Lipinski definition) is 5. The maximum absolute atomic E-state index is 12.0. The molecule has 0 spiro atoms. The van der Waals surface area contributed by atoms with Gasteiger partial charge >= 0.3 is 11.8 Å². The lowest BCUT2D eigenvalue weighted by molar-refractivity contribution is -0.389. The van der Waals surface area contributed by atoms with Crippen molar-refractivity contribution < 1.29 is 19.6 Å². The Hall–Kier alpha value is -2.45. The SMILES string of the molecule is O=C(O)[C@H]1CCCN(C(=O)Cn2ccc([N+](=O)[O-])n2)C1. The number of carbonyl (C=O) groups is 2. The smallest absolute Gasteiger partial charge is 0.389 e. The molecule has 1 atom stereocenters. The molecule has 20 heavy (non-hydrogen) atoms. The van der Waals surface area contributed by atoms with Crippen molar-refractivity contribution in [3.8, 4) is 0 Å². The number of aliphatic carboxylic acids is 1. The van der Waals surface area contributed by atoms with Crippen LogP contribution in [0, 0.1) is 16.0 Å². The first-order chi connectivity index (χ1) is 9.47. The number of nitro groups is 1. The van der Waals surface area contributed by atoms with Crippen LogP contribution in [0.3, 0.4) is 0 Å². The number of carboxylic acids is 1. The average Bonchev–Trinajstić information content (AvgIpc) is 2.87. The standard InChI is InChI=1S/C11H14N4O5/c16-10(7-14-5-3-9(12-14)15(19)20)13-4-1-2-8(6-13)11(17)18/h3,5,8H,1-2,4,6-7H2,(H,17,18)/t8-/m0/s1. The molecule has 9 heteroatoms. The van der Waals surface area contributed by atoms with Crippen LogP contribution in [-0.4, -0.2) is 49.7 Å². The van der Waals surface area contributed by atoms with Crippen molar-refractivity contribution in [1.29, 1.82) is 0 Å². The van der Waals surface area contributed by atoms with Gasteiger partial charge in [0.2, 0.25) is 5.91 Å². The van der Waals surface area contributed by atoms with Crippen molar-refractivity contribution >= 4 is 17.7 Å². The molecule has 9 nitrogen and oxygen atoms in total. The molecule has 1 aromatic rings. The fourth-order valence-electron chi connectivity index (χ4n) is 2.18. The van der Waals surface area contributed by atoms with Crippen LogP contribution < -0.4 is 0 Å². The quantitative estimate of drug-likeness (QED) is 0.618. The van der Waals surface area contributed by atoms with Crippen molar-refractivity contribution in [2.75, 3.05) is 13.1 Å². The third-order valence-electron chi connectivity index (χ3n) is 3.23. The molecule has 1 N–H and O–H groups in total. The Balaban J connectivity index is 1.96. The molecule has 0 radical (unpaired) electrons. The highest BCUT2D eigenvalue weighted by Gasteiger charge is 2.28. The van der Waals surface area contributed by atoms with Crippen LogP contribution in [0.5, 0.6) is 0 Å². The highest BCUT2D eigenvalue weighted by atomic mass is 16.6. The summed E-state index contributed by atoms with van der Waals surface area (Å²) in [6.45, 7) is 0.559. The number of rotatable bonds is 4. The second kappa shape index (κ2) is 5.68. The minimum atomic E-state index is -0.905. The Kier molecular flexibility index (Phi) is 3.97. The third kappa shape index (κ3) is 3.11. The molecule has 2 heterocycles. The highest BCUT2D eigenvalue weighted by Crippen LogP contribution is 2.17. The number of hydrogen-bond donors (Lipinski definition) is 1. The zero-order chi connectivity index (χ0) is 14.7. The van der Waals surface area contributed by atoms with Gasteiger partial charge in [-0.2, -0.15) is 4.68 Å². The van der Waals surface area contributed by atoms with Crippen molar-refractivity contribution in [3.05, 3.63) is 22.4 Å². The first-order valence-electron chi connectivity index (χ1n) is 6.16. The number of nitrogens with zero attached hydrogens (tertiary/aromatic N) is 4. The Bertz CT molecular complexity index is 541. The van der Waals surface area contributed by atoms with Gasteiger partial charge in [-0.15, -0.1) is 0 Å². The molecule has 1 aliphatic heterocycles. The largest absolute Gasteiger partial charge is 0.481 e. The summed E-state index contributed by atoms with van der Waals surface area (Å²) < 4.78 is 1.19. The summed E-state index contributed by atoms with van der Waals surface area (Å²) in [6, 6.07) is 1.21. The van der Waals surface area contributed by atoms with Crippen LogP contribution in [0.25, 0.3) is 0 Å². The van der Waals surface area contributed by atoms with Gasteiger partial charge in [0.25, 0.3) is 0 Å². The van der Waals surface area contributed by atoms with Crippen LogP contribution in [0.1, 0.15) is 12.8 Å². The number of carbonyl (C=O) groups excluding carboxylic acids is 1. The van der Waals surface area contributed by atoms with E-state index in [-0.39, 0.29) is 24.8 Å². The Morgan fingerprint density at radius 2 is 2.30 bits per heavy atom. The van der Waals surface area contributed by atoms with E-state index in [1.807, 2.05) is 0 Å². The molecule has 1 amide bonds. The van der Waals surface area contributed by atoms with Gasteiger partial charge in [-0.05, 0) is 17.8 Å². The van der Waals surface area contributed by atoms with Crippen molar-refractivity contribution in [2.24, 2.45) is 5.92 Å². The molecule has 1 aliphatic rings. The fraction of sp³-hybridized carbons (Fsp3) is 0.545. The lowest BCUT2D eigenvalue weighted by Crippen LogP contribution is -2.43. The zero-order valence-corrected chi connectivity index (χ0v) is 10.6. The molecule has 0 aromatic carbocycles. The summed E-state index contributed by atoms with van der Waals surface area (Å²) in [5.41, 5.74) is 0. The van der Waals surface area contributed by atoms with Gasteiger partial charge < -0.3 is 20.1 Å². The third-order valence-corrected chi connectivity index (χ3v) is 3.23. The van der Waals surface area contributed by atoms with Gasteiger partial charge in [-0.3, -0.25) is 9.59 Å². The molecule has 1 aromatic heterocycles. The van der Waals surface area contributed by atoms with Gasteiger partial charge in [0.05, 0.1) is 23.3 Å². The molecule has 1 fully saturated rings. The van der Waals surface area contributed by atoms with Crippen molar-refractivity contribution in [3.63, 3.8) is 0 Å². The molecule has 0 saturated carbocycles. The van der Waals surface area contributed by atoms with Gasteiger partial charge in [-0.1, -0.05) is 0 Å². The van der Waals surface area contributed by atoms with Crippen LogP contribution >= 0.6 is 0 Å². The monoisotopic (exact) mass is 282 g/mol. The van der Waals surface area contributed by atoms with Crippen LogP contribution in [0.15, 0.2) is 12.3 Å². The maximum atomic E-state index is 12.0. The number of carboxylic acid groups (broad SMARTS) is 1. The van der Waals surface area contributed by atoms with Crippen LogP contribution in [0.4, 0.5) is 5.82 Å². The maximum Gasteiger partial charge on any atom is 0.389 e. The lowest BCUT2D eigenvalue weighted by Gasteiger charge is -2.30. The molecule has 0 aliphatic carbocycles. The van der Waals surface area contributed by atoms with E-state index >= 15 is 0 Å². The number of piperidine rings is 1. The number of aromatic nitrogens is 2. The minimum absolute atomic E-state index is 0.125. The summed E-state index contributed by atoms with van der Waals surface area (Å²) in [6.07, 6.45) is 2.56. The predicted octanol–water partition coefficient (Wildman–Crippen LogP) is 0.114. The van der Waals surface area contributed by atoms with Crippen LogP contribution in [0.2, 0.25) is 0 Å². The molecular formula is C11H14N4O5. The summed E-state index contributed by atoms with van der Waals surface area (Å²) in [4.78, 5) is 34.3. The van der Waals surface area contributed by atoms with Gasteiger partial charge in [0, 0.05) is 13.1 Å². The molecule has 108 valence electrons. The highest BCUT2D eigenvalue weighted by molar-refractivity contribution is 5.77. The molecule has 2 rings (SSSR count). The van der Waals surface area contributed by atoms with E-state index < -0.39 is 16.8 Å². The molecule has 0 unspecified atom stereocenters. The summed E-state index contributed by atoms with van der Waals surface area (Å²) >= 11 is 0. The topological polar surface area (TPSA) is 119 Å². The van der Waals surface area contributed by atoms with Crippen molar-refractivity contribution in [2.45, 2.75) is 19.4 Å². The van der Waals surface area contributed by atoms with E-state index in [0.29, 0.717) is 19.4 Å². The van der Waals surface area contributed by atoms with E-state index in [1.54, 1.807) is 0 Å². The van der Waals surface area contributed by atoms with Gasteiger partial charge in [0.1, 0.15) is 6.54 Å². The van der Waals surface area contributed by atoms with Crippen molar-refractivity contribution in [1.82, 2.24) is 14.7 Å². The van der Waals surface area contributed by atoms with Gasteiger partial charge in [-0.25, -0.2) is 0 Å². The van der Waals surface area contributed by atoms with E-state index in [0.717, 1.165) is 0 Å². The molecule has 1 saturated heterocycles. The minimum Gasteiger partial charge on any atom is -0.481 e. The Morgan fingerprint density at radius 3 is 2.90 bits per heavy atom. The predicted molar refractivity (Wildman–Crippen MR) is 65.8 cm³/mol. The summed E-state index contributed by atoms with van der Waals surface area (Å²) in [5, 5.41) is 23.1. The zero-order valence-electron chi connectivity index (χ0n) is 10.6. The Morgan fingerprint density at radius 1 is 1.55 bits per heavy atom. The molecule has 0 bridgehead atoms. The second-order valence-electron chi connectivity index (χ2n) is 4.65. The summed E-state index contributed by atoms with van der Waals surface area (Å²) in [5.74, 6) is -2.05. The number of likely N-dealkylation sites (tertiary alicyclic amines) is 1. The average molecular weight is 282 g/mol. The summed E-state index contributed by atoms with van der Waals surface area (Å²) in [7, 11) is 0. The second-order valence-corrected chi connectivity index (χ2v) is 4.65. The normalized spacial score (nSPS) is 18.8. The molecular weight excluding hydrogens is 268 g/mol. The van der Waals surface area contributed by atoms with E-state index in [9.17, 15) is 19.7 Å². The Labute approximate surface area is 113 Å². The number of amides is 1. The first kappa shape index (κ1) is 14.0. The lowest BCUT2D eigenvalue weighted by atomic mass is 9.98. The van der Waals surface area contributed by atoms with Gasteiger partial charge in [0.15, 0.2) is 0 Å². The van der Waals surface area contributed by atoms with E-state index in [4.69, 9.17) is 5.11 Å². The van der Waals surface area contributed by atoms with Crippen LogP contribution in [-0.2, 0) is 16.1 Å². The van der Waals surface area contributed by atoms with E-state index in [1.165, 1.54) is 21.8 Å².